The molecular weight excluding hydrogens is 169 g/mol. The highest BCUT2D eigenvalue weighted by molar-refractivity contribution is 5.30. The number of rotatable bonds is 2. The van der Waals surface area contributed by atoms with Crippen LogP contribution in [0.1, 0.15) is 5.56 Å². The number of nitrogens with two attached hydrogens (primary N) is 1. The zero-order chi connectivity index (χ0) is 9.19. The fraction of sp³-hybridized carbons (Fsp3) is 0.286. The van der Waals surface area contributed by atoms with Gasteiger partial charge in [0.25, 0.3) is 0 Å². The van der Waals surface area contributed by atoms with Gasteiger partial charge < -0.3 is 5.73 Å². The highest BCUT2D eigenvalue weighted by atomic mass is 19.3. The molecule has 0 saturated carbocycles. The van der Waals surface area contributed by atoms with Gasteiger partial charge in [0.15, 0.2) is 6.67 Å². The molecule has 1 aromatic rings. The predicted molar refractivity (Wildman–Crippen MR) is 38.5 cm³/mol. The molecule has 0 aromatic carbocycles. The Balaban J connectivity index is 2.96. The van der Waals surface area contributed by atoms with Gasteiger partial charge in [-0.1, -0.05) is 0 Å². The molecule has 2 nitrogen and oxygen atoms in total. The van der Waals surface area contributed by atoms with Crippen molar-refractivity contribution >= 4 is 5.82 Å². The lowest BCUT2D eigenvalue weighted by Crippen LogP contribution is -2.16. The molecule has 5 heteroatoms. The van der Waals surface area contributed by atoms with E-state index in [0.717, 1.165) is 12.3 Å². The summed E-state index contributed by atoms with van der Waals surface area (Å²) in [6.45, 7) is -1.72. The molecule has 1 aromatic heterocycles. The molecular formula is C7H7F3N2. The third-order valence-corrected chi connectivity index (χ3v) is 1.38. The minimum Gasteiger partial charge on any atom is -0.384 e. The van der Waals surface area contributed by atoms with Crippen LogP contribution in [0.2, 0.25) is 0 Å². The van der Waals surface area contributed by atoms with Crippen molar-refractivity contribution in [2.45, 2.75) is 5.92 Å². The van der Waals surface area contributed by atoms with E-state index in [9.17, 15) is 13.2 Å². The lowest BCUT2D eigenvalue weighted by molar-refractivity contribution is -0.0283. The molecule has 0 fully saturated rings. The summed E-state index contributed by atoms with van der Waals surface area (Å²) in [4.78, 5) is 3.42. The Bertz CT molecular complexity index is 258. The SMILES string of the molecule is Nc1ccc(C(F)(F)CF)cn1. The topological polar surface area (TPSA) is 38.9 Å². The van der Waals surface area contributed by atoms with E-state index in [0.29, 0.717) is 0 Å². The normalized spacial score (nSPS) is 11.6. The minimum atomic E-state index is -3.46. The Morgan fingerprint density at radius 2 is 2.08 bits per heavy atom. The molecule has 0 aliphatic rings. The van der Waals surface area contributed by atoms with Crippen LogP contribution in [0.3, 0.4) is 0 Å². The van der Waals surface area contributed by atoms with Crippen LogP contribution in [-0.4, -0.2) is 11.7 Å². The summed E-state index contributed by atoms with van der Waals surface area (Å²) < 4.78 is 36.9. The van der Waals surface area contributed by atoms with Gasteiger partial charge in [0.1, 0.15) is 5.82 Å². The van der Waals surface area contributed by atoms with Gasteiger partial charge in [0, 0.05) is 11.8 Å². The number of nitrogen functional groups attached to an aromatic ring is 1. The second kappa shape index (κ2) is 3.00. The largest absolute Gasteiger partial charge is 0.384 e. The van der Waals surface area contributed by atoms with E-state index in [-0.39, 0.29) is 5.82 Å². The Labute approximate surface area is 67.2 Å². The van der Waals surface area contributed by atoms with Crippen LogP contribution in [0.25, 0.3) is 0 Å². The average molecular weight is 176 g/mol. The molecule has 1 rings (SSSR count). The molecule has 0 spiro atoms. The third kappa shape index (κ3) is 1.66. The summed E-state index contributed by atoms with van der Waals surface area (Å²) >= 11 is 0. The van der Waals surface area contributed by atoms with Gasteiger partial charge in [0.05, 0.1) is 0 Å². The van der Waals surface area contributed by atoms with Crippen molar-refractivity contribution in [2.75, 3.05) is 12.4 Å². The van der Waals surface area contributed by atoms with Gasteiger partial charge in [-0.2, -0.15) is 8.78 Å². The predicted octanol–water partition coefficient (Wildman–Crippen LogP) is 1.73. The van der Waals surface area contributed by atoms with Crippen LogP contribution in [-0.2, 0) is 5.92 Å². The maximum atomic E-state index is 12.6. The maximum Gasteiger partial charge on any atom is 0.302 e. The Kier molecular flexibility index (Phi) is 2.21. The Morgan fingerprint density at radius 3 is 2.50 bits per heavy atom. The first kappa shape index (κ1) is 8.83. The van der Waals surface area contributed by atoms with Crippen molar-refractivity contribution in [1.29, 1.82) is 0 Å². The van der Waals surface area contributed by atoms with E-state index in [1.807, 2.05) is 0 Å². The summed E-state index contributed by atoms with van der Waals surface area (Å²) in [7, 11) is 0. The van der Waals surface area contributed by atoms with Crippen LogP contribution in [0.15, 0.2) is 18.3 Å². The zero-order valence-corrected chi connectivity index (χ0v) is 6.10. The number of halogens is 3. The van der Waals surface area contributed by atoms with Crippen molar-refractivity contribution < 1.29 is 13.2 Å². The van der Waals surface area contributed by atoms with E-state index in [1.165, 1.54) is 6.07 Å². The first-order valence-electron chi connectivity index (χ1n) is 3.22. The van der Waals surface area contributed by atoms with E-state index < -0.39 is 18.2 Å². The summed E-state index contributed by atoms with van der Waals surface area (Å²) in [5, 5.41) is 0. The fourth-order valence-corrected chi connectivity index (χ4v) is 0.699. The molecule has 0 saturated heterocycles. The first-order chi connectivity index (χ1) is 5.56. The molecule has 0 bridgehead atoms. The minimum absolute atomic E-state index is 0.133. The molecule has 0 atom stereocenters. The third-order valence-electron chi connectivity index (χ3n) is 1.38. The van der Waals surface area contributed by atoms with Gasteiger partial charge in [-0.05, 0) is 12.1 Å². The van der Waals surface area contributed by atoms with Crippen molar-refractivity contribution in [2.24, 2.45) is 0 Å². The monoisotopic (exact) mass is 176 g/mol. The highest BCUT2D eigenvalue weighted by Gasteiger charge is 2.31. The van der Waals surface area contributed by atoms with Gasteiger partial charge in [-0.25, -0.2) is 9.37 Å². The van der Waals surface area contributed by atoms with E-state index in [4.69, 9.17) is 5.73 Å². The molecule has 0 unspecified atom stereocenters. The van der Waals surface area contributed by atoms with Crippen LogP contribution >= 0.6 is 0 Å². The van der Waals surface area contributed by atoms with Gasteiger partial charge in [-0.15, -0.1) is 0 Å². The Morgan fingerprint density at radius 1 is 1.42 bits per heavy atom. The summed E-state index contributed by atoms with van der Waals surface area (Å²) in [6, 6.07) is 2.26. The summed E-state index contributed by atoms with van der Waals surface area (Å²) in [6.07, 6.45) is 0.870. The number of pyridine rings is 1. The molecule has 0 aliphatic heterocycles. The Hall–Kier alpha value is -1.26. The lowest BCUT2D eigenvalue weighted by atomic mass is 10.2. The molecule has 0 amide bonds. The number of hydrogen-bond donors (Lipinski definition) is 1. The van der Waals surface area contributed by atoms with E-state index in [2.05, 4.69) is 4.98 Å². The second-order valence-corrected chi connectivity index (χ2v) is 2.31. The van der Waals surface area contributed by atoms with Crippen LogP contribution in [0, 0.1) is 0 Å². The number of anilines is 1. The summed E-state index contributed by atoms with van der Waals surface area (Å²) in [5.74, 6) is -3.32. The number of aromatic nitrogens is 1. The van der Waals surface area contributed by atoms with Crippen LogP contribution in [0.4, 0.5) is 19.0 Å². The quantitative estimate of drug-likeness (QED) is 0.745. The average Bonchev–Trinajstić information content (AvgIpc) is 2.05. The molecule has 2 N–H and O–H groups in total. The van der Waals surface area contributed by atoms with E-state index in [1.54, 1.807) is 0 Å². The smallest absolute Gasteiger partial charge is 0.302 e. The first-order valence-corrected chi connectivity index (χ1v) is 3.22. The lowest BCUT2D eigenvalue weighted by Gasteiger charge is -2.11. The van der Waals surface area contributed by atoms with Crippen molar-refractivity contribution in [3.8, 4) is 0 Å². The maximum absolute atomic E-state index is 12.6. The number of hydrogen-bond acceptors (Lipinski definition) is 2. The summed E-state index contributed by atoms with van der Waals surface area (Å²) in [5.41, 5.74) is 4.70. The fourth-order valence-electron chi connectivity index (χ4n) is 0.699. The molecule has 0 aliphatic carbocycles. The van der Waals surface area contributed by atoms with Gasteiger partial charge in [0.2, 0.25) is 0 Å². The standard InChI is InChI=1S/C7H7F3N2/c8-4-7(9,10)5-1-2-6(11)12-3-5/h1-3H,4H2,(H2,11,12). The molecule has 66 valence electrons. The van der Waals surface area contributed by atoms with Crippen molar-refractivity contribution in [3.63, 3.8) is 0 Å². The van der Waals surface area contributed by atoms with Crippen LogP contribution < -0.4 is 5.73 Å². The number of nitrogens with zero attached hydrogens (tertiary/aromatic N) is 1. The zero-order valence-electron chi connectivity index (χ0n) is 6.10. The van der Waals surface area contributed by atoms with Gasteiger partial charge in [-0.3, -0.25) is 0 Å². The second-order valence-electron chi connectivity index (χ2n) is 2.31. The van der Waals surface area contributed by atoms with Crippen molar-refractivity contribution in [1.82, 2.24) is 4.98 Å². The van der Waals surface area contributed by atoms with Gasteiger partial charge >= 0.3 is 5.92 Å². The number of alkyl halides is 3. The van der Waals surface area contributed by atoms with Crippen molar-refractivity contribution in [3.05, 3.63) is 23.9 Å². The molecule has 12 heavy (non-hydrogen) atoms. The molecule has 0 radical (unpaired) electrons. The molecule has 1 heterocycles. The van der Waals surface area contributed by atoms with E-state index >= 15 is 0 Å². The van der Waals surface area contributed by atoms with Crippen LogP contribution in [0.5, 0.6) is 0 Å². The highest BCUT2D eigenvalue weighted by Crippen LogP contribution is 2.27.